The standard InChI is InChI=1S/C13H20BrNO2/c1-2-15-12(13-11(14)7-9-17-13)6-5-10-4-3-8-16-10/h7,9-10,12,15H,2-6,8H2,1H3. The summed E-state index contributed by atoms with van der Waals surface area (Å²) in [6.07, 6.45) is 6.76. The van der Waals surface area contributed by atoms with Gasteiger partial charge in [-0.05, 0) is 54.2 Å². The number of nitrogens with one attached hydrogen (secondary N) is 1. The molecule has 0 amide bonds. The molecule has 1 aliphatic heterocycles. The van der Waals surface area contributed by atoms with Crippen molar-refractivity contribution in [3.05, 3.63) is 22.6 Å². The molecule has 2 atom stereocenters. The van der Waals surface area contributed by atoms with Gasteiger partial charge in [0.05, 0.1) is 22.9 Å². The zero-order valence-electron chi connectivity index (χ0n) is 10.2. The van der Waals surface area contributed by atoms with Gasteiger partial charge in [0, 0.05) is 6.61 Å². The number of ether oxygens (including phenoxy) is 1. The number of rotatable bonds is 6. The Kier molecular flexibility index (Phi) is 5.07. The highest BCUT2D eigenvalue weighted by Gasteiger charge is 2.21. The number of hydrogen-bond acceptors (Lipinski definition) is 3. The van der Waals surface area contributed by atoms with Gasteiger partial charge in [-0.15, -0.1) is 0 Å². The monoisotopic (exact) mass is 301 g/mol. The molecular formula is C13H20BrNO2. The molecule has 0 saturated carbocycles. The Morgan fingerprint density at radius 1 is 1.59 bits per heavy atom. The Morgan fingerprint density at radius 3 is 3.06 bits per heavy atom. The molecule has 1 fully saturated rings. The van der Waals surface area contributed by atoms with Crippen LogP contribution in [0.25, 0.3) is 0 Å². The van der Waals surface area contributed by atoms with Crippen molar-refractivity contribution in [2.24, 2.45) is 0 Å². The zero-order valence-corrected chi connectivity index (χ0v) is 11.8. The number of furan rings is 1. The van der Waals surface area contributed by atoms with Crippen molar-refractivity contribution in [1.29, 1.82) is 0 Å². The summed E-state index contributed by atoms with van der Waals surface area (Å²) >= 11 is 3.53. The van der Waals surface area contributed by atoms with Crippen LogP contribution in [0.5, 0.6) is 0 Å². The summed E-state index contributed by atoms with van der Waals surface area (Å²) in [6.45, 7) is 4.00. The summed E-state index contributed by atoms with van der Waals surface area (Å²) in [5.41, 5.74) is 0. The highest BCUT2D eigenvalue weighted by Crippen LogP contribution is 2.29. The summed E-state index contributed by atoms with van der Waals surface area (Å²) in [6, 6.07) is 2.24. The zero-order chi connectivity index (χ0) is 12.1. The molecule has 0 radical (unpaired) electrons. The molecule has 1 aliphatic rings. The molecule has 1 aromatic rings. The first-order chi connectivity index (χ1) is 8.31. The molecule has 0 spiro atoms. The first-order valence-electron chi connectivity index (χ1n) is 6.39. The average molecular weight is 302 g/mol. The Morgan fingerprint density at radius 2 is 2.47 bits per heavy atom. The van der Waals surface area contributed by atoms with Crippen molar-refractivity contribution in [2.45, 2.75) is 44.8 Å². The van der Waals surface area contributed by atoms with Gasteiger partial charge in [-0.25, -0.2) is 0 Å². The van der Waals surface area contributed by atoms with E-state index in [4.69, 9.17) is 9.15 Å². The van der Waals surface area contributed by atoms with Crippen molar-refractivity contribution >= 4 is 15.9 Å². The van der Waals surface area contributed by atoms with E-state index in [1.807, 2.05) is 6.07 Å². The summed E-state index contributed by atoms with van der Waals surface area (Å²) < 4.78 is 12.3. The third-order valence-corrected chi connectivity index (χ3v) is 3.87. The second-order valence-electron chi connectivity index (χ2n) is 4.46. The minimum absolute atomic E-state index is 0.286. The summed E-state index contributed by atoms with van der Waals surface area (Å²) in [4.78, 5) is 0. The van der Waals surface area contributed by atoms with E-state index in [0.29, 0.717) is 6.10 Å². The lowest BCUT2D eigenvalue weighted by atomic mass is 10.0. The van der Waals surface area contributed by atoms with Crippen molar-refractivity contribution in [1.82, 2.24) is 5.32 Å². The van der Waals surface area contributed by atoms with E-state index in [2.05, 4.69) is 28.2 Å². The molecule has 17 heavy (non-hydrogen) atoms. The second kappa shape index (κ2) is 6.57. The van der Waals surface area contributed by atoms with Gasteiger partial charge in [-0.3, -0.25) is 0 Å². The van der Waals surface area contributed by atoms with Crippen LogP contribution in [0, 0.1) is 0 Å². The van der Waals surface area contributed by atoms with E-state index in [0.717, 1.165) is 36.2 Å². The summed E-state index contributed by atoms with van der Waals surface area (Å²) in [7, 11) is 0. The molecule has 2 heterocycles. The SMILES string of the molecule is CCNC(CCC1CCCO1)c1occc1Br. The van der Waals surface area contributed by atoms with Gasteiger partial charge in [0.15, 0.2) is 0 Å². The number of hydrogen-bond donors (Lipinski definition) is 1. The van der Waals surface area contributed by atoms with Gasteiger partial charge < -0.3 is 14.5 Å². The molecule has 2 unspecified atom stereocenters. The fourth-order valence-corrected chi connectivity index (χ4v) is 2.83. The molecule has 3 nitrogen and oxygen atoms in total. The van der Waals surface area contributed by atoms with Crippen LogP contribution in [0.2, 0.25) is 0 Å². The van der Waals surface area contributed by atoms with Crippen molar-refractivity contribution in [3.63, 3.8) is 0 Å². The Hall–Kier alpha value is -0.320. The van der Waals surface area contributed by atoms with E-state index in [1.54, 1.807) is 6.26 Å². The minimum atomic E-state index is 0.286. The third kappa shape index (κ3) is 3.57. The van der Waals surface area contributed by atoms with Crippen LogP contribution in [0.4, 0.5) is 0 Å². The summed E-state index contributed by atoms with van der Waals surface area (Å²) in [5.74, 6) is 1.00. The van der Waals surface area contributed by atoms with Crippen LogP contribution in [0.3, 0.4) is 0 Å². The molecule has 1 N–H and O–H groups in total. The predicted molar refractivity (Wildman–Crippen MR) is 71.0 cm³/mol. The fourth-order valence-electron chi connectivity index (χ4n) is 2.35. The van der Waals surface area contributed by atoms with E-state index in [1.165, 1.54) is 12.8 Å². The van der Waals surface area contributed by atoms with Crippen LogP contribution in [-0.2, 0) is 4.74 Å². The lowest BCUT2D eigenvalue weighted by Gasteiger charge is -2.18. The van der Waals surface area contributed by atoms with E-state index >= 15 is 0 Å². The van der Waals surface area contributed by atoms with Gasteiger partial charge in [0.25, 0.3) is 0 Å². The van der Waals surface area contributed by atoms with E-state index in [-0.39, 0.29) is 6.04 Å². The largest absolute Gasteiger partial charge is 0.466 e. The first kappa shape index (κ1) is 13.1. The molecule has 0 aliphatic carbocycles. The summed E-state index contributed by atoms with van der Waals surface area (Å²) in [5, 5.41) is 3.47. The van der Waals surface area contributed by atoms with E-state index in [9.17, 15) is 0 Å². The lowest BCUT2D eigenvalue weighted by molar-refractivity contribution is 0.0988. The predicted octanol–water partition coefficient (Wildman–Crippen LogP) is 3.65. The highest BCUT2D eigenvalue weighted by atomic mass is 79.9. The molecule has 0 aromatic carbocycles. The normalized spacial score (nSPS) is 21.9. The Bertz CT molecular complexity index is 334. The molecule has 96 valence electrons. The molecule has 0 bridgehead atoms. The Balaban J connectivity index is 1.90. The third-order valence-electron chi connectivity index (χ3n) is 3.21. The van der Waals surface area contributed by atoms with Crippen LogP contribution < -0.4 is 5.32 Å². The fraction of sp³-hybridized carbons (Fsp3) is 0.692. The topological polar surface area (TPSA) is 34.4 Å². The smallest absolute Gasteiger partial charge is 0.134 e. The van der Waals surface area contributed by atoms with Gasteiger partial charge in [0.1, 0.15) is 5.76 Å². The van der Waals surface area contributed by atoms with Gasteiger partial charge >= 0.3 is 0 Å². The maximum atomic E-state index is 5.66. The first-order valence-corrected chi connectivity index (χ1v) is 7.18. The second-order valence-corrected chi connectivity index (χ2v) is 5.31. The van der Waals surface area contributed by atoms with Gasteiger partial charge in [-0.1, -0.05) is 6.92 Å². The minimum Gasteiger partial charge on any atom is -0.466 e. The van der Waals surface area contributed by atoms with Crippen LogP contribution in [-0.4, -0.2) is 19.3 Å². The van der Waals surface area contributed by atoms with Crippen molar-refractivity contribution < 1.29 is 9.15 Å². The molecular weight excluding hydrogens is 282 g/mol. The van der Waals surface area contributed by atoms with Gasteiger partial charge in [0.2, 0.25) is 0 Å². The number of halogens is 1. The van der Waals surface area contributed by atoms with Crippen LogP contribution >= 0.6 is 15.9 Å². The van der Waals surface area contributed by atoms with Crippen molar-refractivity contribution in [2.75, 3.05) is 13.2 Å². The maximum Gasteiger partial charge on any atom is 0.134 e. The average Bonchev–Trinajstić information content (AvgIpc) is 2.95. The van der Waals surface area contributed by atoms with Crippen molar-refractivity contribution in [3.8, 4) is 0 Å². The highest BCUT2D eigenvalue weighted by molar-refractivity contribution is 9.10. The molecule has 2 rings (SSSR count). The molecule has 1 saturated heterocycles. The molecule has 4 heteroatoms. The van der Waals surface area contributed by atoms with Crippen LogP contribution in [0.1, 0.15) is 44.4 Å². The van der Waals surface area contributed by atoms with Crippen LogP contribution in [0.15, 0.2) is 21.2 Å². The quantitative estimate of drug-likeness (QED) is 0.871. The lowest BCUT2D eigenvalue weighted by Crippen LogP contribution is -2.22. The maximum absolute atomic E-state index is 5.66. The van der Waals surface area contributed by atoms with E-state index < -0.39 is 0 Å². The van der Waals surface area contributed by atoms with Gasteiger partial charge in [-0.2, -0.15) is 0 Å². The molecule has 1 aromatic heterocycles. The Labute approximate surface area is 111 Å².